The summed E-state index contributed by atoms with van der Waals surface area (Å²) in [6, 6.07) is 9.04. The fraction of sp³-hybridized carbons (Fsp3) is 0.143. The maximum atomic E-state index is 11.5. The van der Waals surface area contributed by atoms with Crippen molar-refractivity contribution in [2.75, 3.05) is 12.8 Å². The predicted octanol–water partition coefficient (Wildman–Crippen LogP) is 2.01. The number of nitriles is 1. The normalized spacial score (nSPS) is 9.90. The number of ether oxygens (including phenoxy) is 1. The number of carbonyl (C=O) groups is 1. The second-order valence-electron chi connectivity index (χ2n) is 4.04. The van der Waals surface area contributed by atoms with Gasteiger partial charge in [-0.05, 0) is 17.7 Å². The molecule has 1 aromatic carbocycles. The molecule has 1 aromatic heterocycles. The summed E-state index contributed by atoms with van der Waals surface area (Å²) in [4.78, 5) is 19.6. The summed E-state index contributed by atoms with van der Waals surface area (Å²) < 4.78 is 4.68. The van der Waals surface area contributed by atoms with Crippen LogP contribution in [-0.2, 0) is 10.5 Å². The molecule has 0 spiro atoms. The molecule has 106 valence electrons. The van der Waals surface area contributed by atoms with Crippen molar-refractivity contribution in [1.29, 1.82) is 5.26 Å². The van der Waals surface area contributed by atoms with E-state index in [9.17, 15) is 4.79 Å². The highest BCUT2D eigenvalue weighted by molar-refractivity contribution is 7.98. The molecular weight excluding hydrogens is 288 g/mol. The summed E-state index contributed by atoms with van der Waals surface area (Å²) in [7, 11) is 1.34. The summed E-state index contributed by atoms with van der Waals surface area (Å²) >= 11 is 1.37. The van der Waals surface area contributed by atoms with E-state index in [4.69, 9.17) is 11.0 Å². The van der Waals surface area contributed by atoms with E-state index in [2.05, 4.69) is 14.7 Å². The largest absolute Gasteiger partial charge is 0.465 e. The number of anilines is 1. The van der Waals surface area contributed by atoms with Crippen molar-refractivity contribution < 1.29 is 9.53 Å². The molecule has 0 atom stereocenters. The van der Waals surface area contributed by atoms with Crippen LogP contribution in [0, 0.1) is 11.3 Å². The molecule has 2 N–H and O–H groups in total. The van der Waals surface area contributed by atoms with Gasteiger partial charge in [0.25, 0.3) is 0 Å². The lowest BCUT2D eigenvalue weighted by Crippen LogP contribution is -2.01. The first kappa shape index (κ1) is 14.8. The molecule has 0 fully saturated rings. The number of aromatic nitrogens is 2. The molecule has 6 nitrogen and oxygen atoms in total. The van der Waals surface area contributed by atoms with Crippen LogP contribution in [0.15, 0.2) is 35.6 Å². The van der Waals surface area contributed by atoms with Crippen molar-refractivity contribution in [2.24, 2.45) is 0 Å². The van der Waals surface area contributed by atoms with E-state index in [1.807, 2.05) is 12.1 Å². The molecule has 0 amide bonds. The van der Waals surface area contributed by atoms with E-state index >= 15 is 0 Å². The molecule has 0 saturated heterocycles. The number of hydrogen-bond donors (Lipinski definition) is 1. The molecule has 21 heavy (non-hydrogen) atoms. The zero-order chi connectivity index (χ0) is 15.2. The Labute approximate surface area is 126 Å². The van der Waals surface area contributed by atoms with Gasteiger partial charge in [-0.25, -0.2) is 14.8 Å². The number of nitrogens with zero attached hydrogens (tertiary/aromatic N) is 3. The molecule has 0 aliphatic heterocycles. The monoisotopic (exact) mass is 300 g/mol. The molecule has 0 aliphatic carbocycles. The molecule has 2 rings (SSSR count). The lowest BCUT2D eigenvalue weighted by atomic mass is 10.1. The van der Waals surface area contributed by atoms with Gasteiger partial charge in [-0.3, -0.25) is 0 Å². The van der Waals surface area contributed by atoms with Crippen LogP contribution in [0.1, 0.15) is 21.5 Å². The lowest BCUT2D eigenvalue weighted by Gasteiger charge is -2.04. The fourth-order valence-corrected chi connectivity index (χ4v) is 2.35. The number of thioether (sulfide) groups is 1. The van der Waals surface area contributed by atoms with Gasteiger partial charge in [0, 0.05) is 5.75 Å². The predicted molar refractivity (Wildman–Crippen MR) is 78.5 cm³/mol. The number of benzene rings is 1. The van der Waals surface area contributed by atoms with Gasteiger partial charge in [0.15, 0.2) is 5.16 Å². The first-order valence-corrected chi connectivity index (χ1v) is 6.95. The van der Waals surface area contributed by atoms with E-state index in [-0.39, 0.29) is 17.4 Å². The Hall–Kier alpha value is -2.59. The third-order valence-corrected chi connectivity index (χ3v) is 3.57. The minimum atomic E-state index is -0.374. The number of hydrogen-bond acceptors (Lipinski definition) is 7. The van der Waals surface area contributed by atoms with Gasteiger partial charge in [0.1, 0.15) is 17.5 Å². The van der Waals surface area contributed by atoms with Crippen molar-refractivity contribution in [3.63, 3.8) is 0 Å². The quantitative estimate of drug-likeness (QED) is 0.523. The minimum Gasteiger partial charge on any atom is -0.465 e. The third kappa shape index (κ3) is 3.70. The highest BCUT2D eigenvalue weighted by Gasteiger charge is 2.07. The van der Waals surface area contributed by atoms with Crippen molar-refractivity contribution >= 4 is 23.5 Å². The van der Waals surface area contributed by atoms with Crippen LogP contribution in [0.5, 0.6) is 0 Å². The molecule has 2 aromatic rings. The highest BCUT2D eigenvalue weighted by atomic mass is 32.2. The Balaban J connectivity index is 2.08. The van der Waals surface area contributed by atoms with Crippen LogP contribution in [0.4, 0.5) is 5.82 Å². The van der Waals surface area contributed by atoms with Crippen molar-refractivity contribution in [3.8, 4) is 6.07 Å². The van der Waals surface area contributed by atoms with Crippen molar-refractivity contribution in [2.45, 2.75) is 10.9 Å². The molecule has 0 aliphatic rings. The Morgan fingerprint density at radius 1 is 1.52 bits per heavy atom. The number of methoxy groups -OCH3 is 1. The molecule has 7 heteroatoms. The Morgan fingerprint density at radius 3 is 3.00 bits per heavy atom. The van der Waals surface area contributed by atoms with E-state index < -0.39 is 0 Å². The molecule has 0 saturated carbocycles. The van der Waals surface area contributed by atoms with Crippen LogP contribution >= 0.6 is 11.8 Å². The molecular formula is C14H12N4O2S. The van der Waals surface area contributed by atoms with Gasteiger partial charge in [0.05, 0.1) is 18.9 Å². The maximum absolute atomic E-state index is 11.5. The van der Waals surface area contributed by atoms with Gasteiger partial charge >= 0.3 is 5.97 Å². The van der Waals surface area contributed by atoms with Crippen LogP contribution in [0.3, 0.4) is 0 Å². The second-order valence-corrected chi connectivity index (χ2v) is 4.99. The average molecular weight is 300 g/mol. The highest BCUT2D eigenvalue weighted by Crippen LogP contribution is 2.21. The maximum Gasteiger partial charge on any atom is 0.337 e. The van der Waals surface area contributed by atoms with Gasteiger partial charge in [-0.1, -0.05) is 23.9 Å². The van der Waals surface area contributed by atoms with Crippen LogP contribution < -0.4 is 5.73 Å². The van der Waals surface area contributed by atoms with E-state index in [0.29, 0.717) is 16.5 Å². The lowest BCUT2D eigenvalue weighted by molar-refractivity contribution is 0.0600. The fourth-order valence-electron chi connectivity index (χ4n) is 1.59. The summed E-state index contributed by atoms with van der Waals surface area (Å²) in [6.07, 6.45) is 1.40. The zero-order valence-electron chi connectivity index (χ0n) is 11.2. The summed E-state index contributed by atoms with van der Waals surface area (Å²) in [6.45, 7) is 0. The van der Waals surface area contributed by atoms with Crippen molar-refractivity contribution in [1.82, 2.24) is 9.97 Å². The first-order chi connectivity index (χ1) is 10.1. The summed E-state index contributed by atoms with van der Waals surface area (Å²) in [5, 5.41) is 9.24. The van der Waals surface area contributed by atoms with E-state index in [0.717, 1.165) is 5.56 Å². The van der Waals surface area contributed by atoms with E-state index in [1.165, 1.54) is 25.1 Å². The Morgan fingerprint density at radius 2 is 2.33 bits per heavy atom. The number of rotatable bonds is 4. The third-order valence-electron chi connectivity index (χ3n) is 2.63. The average Bonchev–Trinajstić information content (AvgIpc) is 2.52. The standard InChI is InChI=1S/C14H12N4O2S/c1-20-13(19)10-4-2-3-9(5-10)8-21-14-17-7-11(6-15)12(16)18-14/h2-5,7H,8H2,1H3,(H2,16,17,18). The summed E-state index contributed by atoms with van der Waals surface area (Å²) in [5.41, 5.74) is 7.33. The summed E-state index contributed by atoms with van der Waals surface area (Å²) in [5.74, 6) is 0.370. The van der Waals surface area contributed by atoms with Crippen LogP contribution in [-0.4, -0.2) is 23.0 Å². The number of nitrogen functional groups attached to an aromatic ring is 1. The minimum absolute atomic E-state index is 0.165. The molecule has 0 radical (unpaired) electrons. The Bertz CT molecular complexity index is 712. The van der Waals surface area contributed by atoms with Gasteiger partial charge in [-0.15, -0.1) is 0 Å². The Kier molecular flexibility index (Phi) is 4.74. The second kappa shape index (κ2) is 6.72. The van der Waals surface area contributed by atoms with Crippen LogP contribution in [0.25, 0.3) is 0 Å². The number of nitrogens with two attached hydrogens (primary N) is 1. The van der Waals surface area contributed by atoms with Gasteiger partial charge in [0.2, 0.25) is 0 Å². The van der Waals surface area contributed by atoms with Gasteiger partial charge in [-0.2, -0.15) is 5.26 Å². The smallest absolute Gasteiger partial charge is 0.337 e. The molecule has 0 bridgehead atoms. The van der Waals surface area contributed by atoms with Crippen molar-refractivity contribution in [3.05, 3.63) is 47.2 Å². The SMILES string of the molecule is COC(=O)c1cccc(CSc2ncc(C#N)c(N)n2)c1. The number of carbonyl (C=O) groups excluding carboxylic acids is 1. The van der Waals surface area contributed by atoms with Gasteiger partial charge < -0.3 is 10.5 Å². The molecule has 0 unspecified atom stereocenters. The molecule has 1 heterocycles. The topological polar surface area (TPSA) is 102 Å². The number of esters is 1. The van der Waals surface area contributed by atoms with E-state index in [1.54, 1.807) is 18.2 Å². The zero-order valence-corrected chi connectivity index (χ0v) is 12.1. The van der Waals surface area contributed by atoms with Crippen LogP contribution in [0.2, 0.25) is 0 Å². The first-order valence-electron chi connectivity index (χ1n) is 5.96.